The molecule has 10 heteroatoms. The van der Waals surface area contributed by atoms with E-state index in [2.05, 4.69) is 89.9 Å². The maximum Gasteiger partial charge on any atom is 0.250 e. The quantitative estimate of drug-likeness (QED) is 0.149. The number of benzene rings is 1. The summed E-state index contributed by atoms with van der Waals surface area (Å²) in [7, 11) is 3.30. The molecule has 9 nitrogen and oxygen atoms in total. The first-order chi connectivity index (χ1) is 21.4. The van der Waals surface area contributed by atoms with Crippen molar-refractivity contribution in [2.75, 3.05) is 63.7 Å². The molecule has 1 saturated heterocycles. The largest absolute Gasteiger partial charge is 0.491 e. The van der Waals surface area contributed by atoms with Crippen molar-refractivity contribution < 1.29 is 4.74 Å². The van der Waals surface area contributed by atoms with Gasteiger partial charge in [-0.3, -0.25) is 14.5 Å². The Hall–Kier alpha value is -3.50. The highest BCUT2D eigenvalue weighted by Crippen LogP contribution is 2.45. The van der Waals surface area contributed by atoms with Gasteiger partial charge in [0.2, 0.25) is 10.9 Å². The number of ether oxygens (including phenoxy) is 1. The van der Waals surface area contributed by atoms with Crippen molar-refractivity contribution in [3.63, 3.8) is 0 Å². The third-order valence-corrected chi connectivity index (χ3v) is 16.9. The number of piperazine rings is 1. The summed E-state index contributed by atoms with van der Waals surface area (Å²) in [6, 6.07) is 6.44. The van der Waals surface area contributed by atoms with E-state index >= 15 is 0 Å². The number of hydrogen-bond donors (Lipinski definition) is 0. The standard InChI is InChI=1S/C35H50N6O3Si/c1-23(2)45(24(3)4,25(5)6)41-21-27(28-19-26(12-13-29(28)41)31-32(38(7)8)34(43)33(31)42)11-10-14-39-15-17-40(18-16-39)35-30(44-9)20-36-22-37-35/h12-13,19-25H,10-11,14-18H2,1-9H3. The lowest BCUT2D eigenvalue weighted by Crippen LogP contribution is -2.51. The van der Waals surface area contributed by atoms with E-state index < -0.39 is 13.7 Å². The summed E-state index contributed by atoms with van der Waals surface area (Å²) in [6.45, 7) is 19.2. The van der Waals surface area contributed by atoms with E-state index in [0.717, 1.165) is 56.9 Å². The Morgan fingerprint density at radius 2 is 1.62 bits per heavy atom. The molecule has 4 aromatic rings. The van der Waals surface area contributed by atoms with E-state index in [1.54, 1.807) is 24.5 Å². The van der Waals surface area contributed by atoms with Crippen LogP contribution in [0.3, 0.4) is 0 Å². The number of aromatic nitrogens is 3. The first-order valence-electron chi connectivity index (χ1n) is 16.4. The van der Waals surface area contributed by atoms with Crippen molar-refractivity contribution in [3.8, 4) is 16.9 Å². The highest BCUT2D eigenvalue weighted by Gasteiger charge is 2.46. The summed E-state index contributed by atoms with van der Waals surface area (Å²) in [5.41, 5.74) is 5.38. The second-order valence-corrected chi connectivity index (χ2v) is 19.5. The number of aryl methyl sites for hydroxylation is 1. The van der Waals surface area contributed by atoms with Gasteiger partial charge in [0.25, 0.3) is 0 Å². The predicted octanol–water partition coefficient (Wildman–Crippen LogP) is 5.55. The molecule has 0 atom stereocenters. The number of fused-ring (bicyclic) bond motifs is 1. The smallest absolute Gasteiger partial charge is 0.250 e. The van der Waals surface area contributed by atoms with Gasteiger partial charge < -0.3 is 18.8 Å². The molecule has 0 N–H and O–H groups in total. The van der Waals surface area contributed by atoms with Crippen molar-refractivity contribution in [2.24, 2.45) is 0 Å². The highest BCUT2D eigenvalue weighted by atomic mass is 28.3. The zero-order valence-corrected chi connectivity index (χ0v) is 29.6. The zero-order valence-electron chi connectivity index (χ0n) is 28.6. The molecule has 1 aliphatic rings. The molecule has 0 spiro atoms. The Bertz CT molecular complexity index is 1690. The van der Waals surface area contributed by atoms with Crippen LogP contribution in [0.4, 0.5) is 11.5 Å². The normalized spacial score (nSPS) is 14.9. The first-order valence-corrected chi connectivity index (χ1v) is 18.6. The van der Waals surface area contributed by atoms with Crippen LogP contribution in [-0.4, -0.2) is 81.3 Å². The third kappa shape index (κ3) is 5.71. The second-order valence-electron chi connectivity index (χ2n) is 13.7. The Balaban J connectivity index is 1.44. The lowest BCUT2D eigenvalue weighted by atomic mass is 9.96. The number of methoxy groups -OCH3 is 1. The van der Waals surface area contributed by atoms with Gasteiger partial charge in [-0.05, 0) is 65.5 Å². The summed E-state index contributed by atoms with van der Waals surface area (Å²) >= 11 is 0. The molecule has 0 aliphatic carbocycles. The van der Waals surface area contributed by atoms with Crippen LogP contribution in [0, 0.1) is 0 Å². The van der Waals surface area contributed by atoms with E-state index in [9.17, 15) is 9.59 Å². The van der Waals surface area contributed by atoms with Crippen LogP contribution in [0.2, 0.25) is 16.6 Å². The minimum Gasteiger partial charge on any atom is -0.491 e. The molecular weight excluding hydrogens is 581 g/mol. The zero-order chi connectivity index (χ0) is 32.6. The molecule has 45 heavy (non-hydrogen) atoms. The lowest BCUT2D eigenvalue weighted by molar-refractivity contribution is 0.253. The molecule has 2 aromatic heterocycles. The molecule has 0 saturated carbocycles. The fourth-order valence-electron chi connectivity index (χ4n) is 8.25. The predicted molar refractivity (Wildman–Crippen MR) is 189 cm³/mol. The van der Waals surface area contributed by atoms with Crippen molar-refractivity contribution in [3.05, 3.63) is 62.9 Å². The first kappa shape index (κ1) is 32.9. The molecule has 5 rings (SSSR count). The van der Waals surface area contributed by atoms with Crippen LogP contribution in [0.5, 0.6) is 5.75 Å². The third-order valence-electron chi connectivity index (χ3n) is 10.2. The summed E-state index contributed by atoms with van der Waals surface area (Å²) in [6.07, 6.45) is 7.76. The van der Waals surface area contributed by atoms with Gasteiger partial charge in [0.05, 0.1) is 18.9 Å². The number of hydrogen-bond acceptors (Lipinski definition) is 8. The molecule has 0 amide bonds. The van der Waals surface area contributed by atoms with Crippen LogP contribution in [0.15, 0.2) is 46.5 Å². The molecular formula is C35H50N6O3Si. The van der Waals surface area contributed by atoms with Gasteiger partial charge in [0.1, 0.15) is 12.0 Å². The van der Waals surface area contributed by atoms with Crippen LogP contribution in [-0.2, 0) is 6.42 Å². The van der Waals surface area contributed by atoms with Crippen LogP contribution >= 0.6 is 0 Å². The van der Waals surface area contributed by atoms with Gasteiger partial charge in [-0.25, -0.2) is 9.97 Å². The minimum absolute atomic E-state index is 0.381. The molecule has 1 fully saturated rings. The molecule has 2 aromatic carbocycles. The average molecular weight is 631 g/mol. The van der Waals surface area contributed by atoms with Gasteiger partial charge in [0, 0.05) is 51.2 Å². The maximum atomic E-state index is 12.8. The number of nitrogens with zero attached hydrogens (tertiary/aromatic N) is 6. The maximum absolute atomic E-state index is 12.8. The molecule has 3 heterocycles. The summed E-state index contributed by atoms with van der Waals surface area (Å²) in [4.78, 5) is 40.4. The molecule has 0 bridgehead atoms. The fraction of sp³-hybridized carbons (Fsp3) is 0.543. The highest BCUT2D eigenvalue weighted by molar-refractivity contribution is 6.82. The monoisotopic (exact) mass is 630 g/mol. The summed E-state index contributed by atoms with van der Waals surface area (Å²) in [5.74, 6) is 1.58. The van der Waals surface area contributed by atoms with Crippen LogP contribution in [0.1, 0.15) is 53.5 Å². The lowest BCUT2D eigenvalue weighted by Gasteiger charge is -2.44. The topological polar surface area (TPSA) is 83.8 Å². The van der Waals surface area contributed by atoms with Gasteiger partial charge >= 0.3 is 0 Å². The minimum atomic E-state index is -2.02. The van der Waals surface area contributed by atoms with Gasteiger partial charge in [-0.15, -0.1) is 0 Å². The number of rotatable bonds is 12. The second kappa shape index (κ2) is 13.1. The van der Waals surface area contributed by atoms with Crippen molar-refractivity contribution in [1.82, 2.24) is 19.1 Å². The Kier molecular flexibility index (Phi) is 9.56. The molecule has 0 radical (unpaired) electrons. The van der Waals surface area contributed by atoms with Crippen molar-refractivity contribution in [1.29, 1.82) is 0 Å². The van der Waals surface area contributed by atoms with Crippen molar-refractivity contribution >= 4 is 30.6 Å². The molecule has 242 valence electrons. The molecule has 0 unspecified atom stereocenters. The fourth-order valence-corrected chi connectivity index (χ4v) is 14.9. The van der Waals surface area contributed by atoms with Crippen molar-refractivity contribution in [2.45, 2.75) is 71.0 Å². The van der Waals surface area contributed by atoms with E-state index in [1.807, 2.05) is 14.1 Å². The van der Waals surface area contributed by atoms with E-state index in [-0.39, 0.29) is 5.43 Å². The van der Waals surface area contributed by atoms with Crippen LogP contribution < -0.4 is 25.4 Å². The Morgan fingerprint density at radius 3 is 2.22 bits per heavy atom. The Morgan fingerprint density at radius 1 is 0.956 bits per heavy atom. The van der Waals surface area contributed by atoms with E-state index in [4.69, 9.17) is 4.74 Å². The Labute approximate surface area is 268 Å². The average Bonchev–Trinajstić information content (AvgIpc) is 3.36. The van der Waals surface area contributed by atoms with Gasteiger partial charge in [-0.2, -0.15) is 0 Å². The summed E-state index contributed by atoms with van der Waals surface area (Å²) in [5, 5.41) is 1.21. The van der Waals surface area contributed by atoms with Crippen LogP contribution in [0.25, 0.3) is 22.0 Å². The summed E-state index contributed by atoms with van der Waals surface area (Å²) < 4.78 is 8.17. The van der Waals surface area contributed by atoms with E-state index in [1.165, 1.54) is 16.5 Å². The molecule has 1 aliphatic heterocycles. The SMILES string of the molecule is COc1cncnc1N1CCN(CCCc2cn([Si](C(C)C)(C(C)C)C(C)C)c3ccc(-c4c(N(C)C)c(=O)c4=O)cc23)CC1. The number of anilines is 2. The van der Waals surface area contributed by atoms with Gasteiger partial charge in [-0.1, -0.05) is 47.6 Å². The van der Waals surface area contributed by atoms with E-state index in [0.29, 0.717) is 33.6 Å². The van der Waals surface area contributed by atoms with Gasteiger partial charge in [0.15, 0.2) is 19.8 Å².